The van der Waals surface area contributed by atoms with Crippen LogP contribution in [0, 0.1) is 0 Å². The maximum Gasteiger partial charge on any atom is 0.209 e. The molecule has 0 saturated carbocycles. The van der Waals surface area contributed by atoms with E-state index in [0.29, 0.717) is 5.75 Å². The Hall–Kier alpha value is -2.38. The molecule has 27 heavy (non-hydrogen) atoms. The van der Waals surface area contributed by atoms with Crippen LogP contribution in [0.25, 0.3) is 10.9 Å². The number of rotatable bonds is 7. The van der Waals surface area contributed by atoms with Gasteiger partial charge in [-0.2, -0.15) is 5.10 Å². The number of aromatic nitrogens is 2. The lowest BCUT2D eigenvalue weighted by atomic mass is 10.0. The molecule has 0 saturated heterocycles. The molecule has 0 spiro atoms. The van der Waals surface area contributed by atoms with Crippen molar-refractivity contribution in [3.05, 3.63) is 60.3 Å². The molecule has 144 valence electrons. The smallest absolute Gasteiger partial charge is 0.209 e. The maximum absolute atomic E-state index is 11.7. The molecule has 0 amide bonds. The van der Waals surface area contributed by atoms with Crippen molar-refractivity contribution in [1.29, 1.82) is 0 Å². The Balaban J connectivity index is 1.93. The highest BCUT2D eigenvalue weighted by Gasteiger charge is 2.24. The van der Waals surface area contributed by atoms with E-state index in [9.17, 15) is 8.42 Å². The first-order valence-electron chi connectivity index (χ1n) is 8.91. The SMILES string of the molecule is CC(C)n1ncc2cc(O[C@@H](c3ccccc3)[C@H](C)NS(C)(=O)=O)ccc21. The van der Waals surface area contributed by atoms with Crippen LogP contribution in [0.15, 0.2) is 54.7 Å². The largest absolute Gasteiger partial charge is 0.484 e. The van der Waals surface area contributed by atoms with E-state index in [1.165, 1.54) is 0 Å². The zero-order valence-corrected chi connectivity index (χ0v) is 16.8. The van der Waals surface area contributed by atoms with E-state index in [2.05, 4.69) is 23.7 Å². The van der Waals surface area contributed by atoms with Crippen LogP contribution in [0.2, 0.25) is 0 Å². The van der Waals surface area contributed by atoms with Crippen LogP contribution >= 0.6 is 0 Å². The molecule has 2 aromatic carbocycles. The van der Waals surface area contributed by atoms with Crippen LogP contribution in [0.1, 0.15) is 38.5 Å². The Morgan fingerprint density at radius 2 is 1.78 bits per heavy atom. The fraction of sp³-hybridized carbons (Fsp3) is 0.350. The zero-order valence-electron chi connectivity index (χ0n) is 16.0. The van der Waals surface area contributed by atoms with Gasteiger partial charge in [0.15, 0.2) is 0 Å². The van der Waals surface area contributed by atoms with Crippen molar-refractivity contribution in [1.82, 2.24) is 14.5 Å². The molecule has 1 N–H and O–H groups in total. The molecule has 0 aliphatic rings. The highest BCUT2D eigenvalue weighted by atomic mass is 32.2. The number of benzene rings is 2. The first-order chi connectivity index (χ1) is 12.7. The van der Waals surface area contributed by atoms with Crippen molar-refractivity contribution < 1.29 is 13.2 Å². The van der Waals surface area contributed by atoms with E-state index in [1.54, 1.807) is 6.92 Å². The van der Waals surface area contributed by atoms with Crippen LogP contribution in [0.3, 0.4) is 0 Å². The fourth-order valence-electron chi connectivity index (χ4n) is 3.16. The van der Waals surface area contributed by atoms with Crippen LogP contribution in [0.5, 0.6) is 5.75 Å². The molecule has 3 aromatic rings. The minimum atomic E-state index is -3.35. The van der Waals surface area contributed by atoms with E-state index >= 15 is 0 Å². The summed E-state index contributed by atoms with van der Waals surface area (Å²) in [5, 5.41) is 5.41. The second-order valence-corrected chi connectivity index (χ2v) is 8.81. The van der Waals surface area contributed by atoms with Crippen molar-refractivity contribution in [2.24, 2.45) is 0 Å². The highest BCUT2D eigenvalue weighted by Crippen LogP contribution is 2.28. The normalized spacial score (nSPS) is 14.4. The van der Waals surface area contributed by atoms with E-state index in [-0.39, 0.29) is 6.04 Å². The molecule has 1 aromatic heterocycles. The van der Waals surface area contributed by atoms with Gasteiger partial charge >= 0.3 is 0 Å². The summed E-state index contributed by atoms with van der Waals surface area (Å²) in [6, 6.07) is 15.2. The highest BCUT2D eigenvalue weighted by molar-refractivity contribution is 7.88. The Morgan fingerprint density at radius 1 is 1.07 bits per heavy atom. The average molecular weight is 388 g/mol. The van der Waals surface area contributed by atoms with Gasteiger partial charge in [-0.05, 0) is 44.5 Å². The quantitative estimate of drug-likeness (QED) is 0.671. The van der Waals surface area contributed by atoms with Gasteiger partial charge in [0.2, 0.25) is 10.0 Å². The molecule has 3 rings (SSSR count). The standard InChI is InChI=1S/C20H25N3O3S/c1-14(2)23-19-11-10-18(12-17(19)13-21-23)26-20(15(3)22-27(4,24)25)16-8-6-5-7-9-16/h5-15,20,22H,1-4H3/t15-,20+/m0/s1. The number of nitrogens with one attached hydrogen (secondary N) is 1. The van der Waals surface area contributed by atoms with Gasteiger partial charge in [-0.25, -0.2) is 13.1 Å². The van der Waals surface area contributed by atoms with Gasteiger partial charge in [0.1, 0.15) is 11.9 Å². The van der Waals surface area contributed by atoms with Gasteiger partial charge in [0.25, 0.3) is 0 Å². The topological polar surface area (TPSA) is 73.2 Å². The number of sulfonamides is 1. The average Bonchev–Trinajstić information content (AvgIpc) is 3.02. The minimum Gasteiger partial charge on any atom is -0.484 e. The third kappa shape index (κ3) is 4.67. The Labute approximate surface area is 160 Å². The van der Waals surface area contributed by atoms with Gasteiger partial charge in [0.05, 0.1) is 24.0 Å². The lowest BCUT2D eigenvalue weighted by Crippen LogP contribution is -2.38. The summed E-state index contributed by atoms with van der Waals surface area (Å²) in [6.07, 6.45) is 2.51. The molecular weight excluding hydrogens is 362 g/mol. The van der Waals surface area contributed by atoms with Gasteiger partial charge in [0, 0.05) is 11.4 Å². The van der Waals surface area contributed by atoms with Crippen LogP contribution in [-0.4, -0.2) is 30.5 Å². The van der Waals surface area contributed by atoms with Crippen LogP contribution < -0.4 is 9.46 Å². The van der Waals surface area contributed by atoms with Gasteiger partial charge in [-0.3, -0.25) is 4.68 Å². The summed E-state index contributed by atoms with van der Waals surface area (Å²) in [5.74, 6) is 0.668. The number of fused-ring (bicyclic) bond motifs is 1. The number of hydrogen-bond acceptors (Lipinski definition) is 4. The Bertz CT molecular complexity index is 1010. The Morgan fingerprint density at radius 3 is 2.41 bits per heavy atom. The molecule has 6 nitrogen and oxygen atoms in total. The third-order valence-corrected chi connectivity index (χ3v) is 5.10. The second kappa shape index (κ2) is 7.70. The van der Waals surface area contributed by atoms with Crippen LogP contribution in [-0.2, 0) is 10.0 Å². The Kier molecular flexibility index (Phi) is 5.53. The molecule has 7 heteroatoms. The summed E-state index contributed by atoms with van der Waals surface area (Å²) in [7, 11) is -3.35. The minimum absolute atomic E-state index is 0.269. The van der Waals surface area contributed by atoms with Crippen molar-refractivity contribution in [2.45, 2.75) is 39.0 Å². The van der Waals surface area contributed by atoms with Gasteiger partial charge in [-0.1, -0.05) is 30.3 Å². The molecule has 0 aliphatic heterocycles. The van der Waals surface area contributed by atoms with Crippen LogP contribution in [0.4, 0.5) is 0 Å². The van der Waals surface area contributed by atoms with Crippen molar-refractivity contribution in [3.8, 4) is 5.75 Å². The summed E-state index contributed by atoms with van der Waals surface area (Å²) in [6.45, 7) is 5.97. The first-order valence-corrected chi connectivity index (χ1v) is 10.8. The molecule has 0 aliphatic carbocycles. The number of nitrogens with zero attached hydrogens (tertiary/aromatic N) is 2. The molecule has 1 heterocycles. The third-order valence-electron chi connectivity index (χ3n) is 4.30. The molecule has 2 atom stereocenters. The summed E-state index contributed by atoms with van der Waals surface area (Å²) < 4.78 is 34.2. The van der Waals surface area contributed by atoms with Gasteiger partial charge < -0.3 is 4.74 Å². The first kappa shape index (κ1) is 19.4. The zero-order chi connectivity index (χ0) is 19.6. The summed E-state index contributed by atoms with van der Waals surface area (Å²) in [5.41, 5.74) is 1.94. The molecule has 0 fully saturated rings. The predicted octanol–water partition coefficient (Wildman–Crippen LogP) is 3.68. The summed E-state index contributed by atoms with van der Waals surface area (Å²) >= 11 is 0. The predicted molar refractivity (Wildman–Crippen MR) is 107 cm³/mol. The van der Waals surface area contributed by atoms with Crippen molar-refractivity contribution in [2.75, 3.05) is 6.26 Å². The van der Waals surface area contributed by atoms with Crippen molar-refractivity contribution in [3.63, 3.8) is 0 Å². The van der Waals surface area contributed by atoms with E-state index in [0.717, 1.165) is 22.7 Å². The monoisotopic (exact) mass is 387 g/mol. The van der Waals surface area contributed by atoms with Gasteiger partial charge in [-0.15, -0.1) is 0 Å². The molecule has 0 unspecified atom stereocenters. The molecular formula is C20H25N3O3S. The second-order valence-electron chi connectivity index (χ2n) is 7.03. The van der Waals surface area contributed by atoms with E-state index < -0.39 is 22.2 Å². The number of ether oxygens (including phenoxy) is 1. The van der Waals surface area contributed by atoms with E-state index in [4.69, 9.17) is 4.74 Å². The fourth-order valence-corrected chi connectivity index (χ4v) is 3.96. The molecule has 0 bridgehead atoms. The maximum atomic E-state index is 11.7. The summed E-state index contributed by atoms with van der Waals surface area (Å²) in [4.78, 5) is 0. The lowest BCUT2D eigenvalue weighted by molar-refractivity contribution is 0.173. The van der Waals surface area contributed by atoms with Crippen molar-refractivity contribution >= 4 is 20.9 Å². The number of hydrogen-bond donors (Lipinski definition) is 1. The van der Waals surface area contributed by atoms with E-state index in [1.807, 2.05) is 59.4 Å². The lowest BCUT2D eigenvalue weighted by Gasteiger charge is -2.26. The molecule has 0 radical (unpaired) electrons.